The van der Waals surface area contributed by atoms with Crippen molar-refractivity contribution in [3.63, 3.8) is 0 Å². The Hall–Kier alpha value is -1.10. The standard InChI is InChI=1S/C8H8BrN3O/c9-6-1-2-10-7(5-6)12-4-3-11-8(12)13/h1-2,5H,3-4H2,(H,11,13). The fraction of sp³-hybridized carbons (Fsp3) is 0.250. The summed E-state index contributed by atoms with van der Waals surface area (Å²) in [6, 6.07) is 3.58. The lowest BCUT2D eigenvalue weighted by atomic mass is 10.4. The second kappa shape index (κ2) is 3.33. The third-order valence-electron chi connectivity index (χ3n) is 1.84. The van der Waals surface area contributed by atoms with Gasteiger partial charge in [-0.05, 0) is 12.1 Å². The molecule has 0 aromatic carbocycles. The molecule has 1 aliphatic heterocycles. The van der Waals surface area contributed by atoms with Crippen molar-refractivity contribution >= 4 is 27.8 Å². The van der Waals surface area contributed by atoms with E-state index in [0.29, 0.717) is 18.9 Å². The molecule has 1 fully saturated rings. The molecule has 0 radical (unpaired) electrons. The van der Waals surface area contributed by atoms with Gasteiger partial charge in [-0.15, -0.1) is 0 Å². The molecule has 1 aromatic heterocycles. The van der Waals surface area contributed by atoms with Crippen LogP contribution >= 0.6 is 15.9 Å². The largest absolute Gasteiger partial charge is 0.336 e. The number of carbonyl (C=O) groups excluding carboxylic acids is 1. The molecule has 0 atom stereocenters. The molecular formula is C8H8BrN3O. The van der Waals surface area contributed by atoms with Crippen LogP contribution in [0, 0.1) is 0 Å². The number of nitrogens with zero attached hydrogens (tertiary/aromatic N) is 2. The van der Waals surface area contributed by atoms with E-state index in [1.807, 2.05) is 12.1 Å². The molecule has 1 aromatic rings. The van der Waals surface area contributed by atoms with E-state index < -0.39 is 0 Å². The number of aromatic nitrogens is 1. The van der Waals surface area contributed by atoms with Crippen LogP contribution in [-0.4, -0.2) is 24.1 Å². The van der Waals surface area contributed by atoms with Gasteiger partial charge in [0.15, 0.2) is 0 Å². The van der Waals surface area contributed by atoms with Crippen molar-refractivity contribution in [3.05, 3.63) is 22.8 Å². The number of nitrogens with one attached hydrogen (secondary N) is 1. The fourth-order valence-corrected chi connectivity index (χ4v) is 1.55. The zero-order chi connectivity index (χ0) is 9.26. The van der Waals surface area contributed by atoms with Crippen molar-refractivity contribution < 1.29 is 4.79 Å². The van der Waals surface area contributed by atoms with Crippen LogP contribution in [0.15, 0.2) is 22.8 Å². The van der Waals surface area contributed by atoms with Crippen LogP contribution in [0.2, 0.25) is 0 Å². The van der Waals surface area contributed by atoms with Crippen LogP contribution < -0.4 is 10.2 Å². The summed E-state index contributed by atoms with van der Waals surface area (Å²) < 4.78 is 0.928. The Bertz CT molecular complexity index is 342. The first-order valence-electron chi connectivity index (χ1n) is 3.94. The second-order valence-corrected chi connectivity index (χ2v) is 3.63. The summed E-state index contributed by atoms with van der Waals surface area (Å²) in [6.07, 6.45) is 1.67. The van der Waals surface area contributed by atoms with Gasteiger partial charge in [0.1, 0.15) is 5.82 Å². The number of urea groups is 1. The number of amides is 2. The molecule has 0 aliphatic carbocycles. The van der Waals surface area contributed by atoms with E-state index in [-0.39, 0.29) is 6.03 Å². The molecule has 0 bridgehead atoms. The Balaban J connectivity index is 2.29. The molecule has 0 spiro atoms. The number of rotatable bonds is 1. The summed E-state index contributed by atoms with van der Waals surface area (Å²) in [5.74, 6) is 0.685. The highest BCUT2D eigenvalue weighted by Crippen LogP contribution is 2.17. The van der Waals surface area contributed by atoms with Crippen molar-refractivity contribution in [3.8, 4) is 0 Å². The van der Waals surface area contributed by atoms with Gasteiger partial charge >= 0.3 is 6.03 Å². The number of halogens is 1. The molecule has 0 saturated carbocycles. The van der Waals surface area contributed by atoms with Crippen LogP contribution in [0.5, 0.6) is 0 Å². The molecule has 2 rings (SSSR count). The minimum atomic E-state index is -0.0781. The maximum absolute atomic E-state index is 11.2. The van der Waals surface area contributed by atoms with Crippen molar-refractivity contribution in [1.29, 1.82) is 0 Å². The van der Waals surface area contributed by atoms with Gasteiger partial charge in [-0.2, -0.15) is 0 Å². The van der Waals surface area contributed by atoms with Gasteiger partial charge in [-0.25, -0.2) is 9.78 Å². The highest BCUT2D eigenvalue weighted by molar-refractivity contribution is 9.10. The Morgan fingerprint density at radius 3 is 3.08 bits per heavy atom. The molecule has 1 saturated heterocycles. The summed E-state index contributed by atoms with van der Waals surface area (Å²) in [5, 5.41) is 2.72. The molecule has 1 N–H and O–H groups in total. The van der Waals surface area contributed by atoms with Crippen molar-refractivity contribution in [2.24, 2.45) is 0 Å². The lowest BCUT2D eigenvalue weighted by Crippen LogP contribution is -2.28. The summed E-state index contributed by atoms with van der Waals surface area (Å²) in [5.41, 5.74) is 0. The molecule has 5 heteroatoms. The molecule has 1 aliphatic rings. The number of hydrogen-bond acceptors (Lipinski definition) is 2. The van der Waals surface area contributed by atoms with Gasteiger partial charge in [0, 0.05) is 23.8 Å². The average molecular weight is 242 g/mol. The van der Waals surface area contributed by atoms with Crippen LogP contribution in [0.1, 0.15) is 0 Å². The SMILES string of the molecule is O=C1NCCN1c1cc(Br)ccn1. The fourth-order valence-electron chi connectivity index (χ4n) is 1.23. The van der Waals surface area contributed by atoms with Gasteiger partial charge in [0.2, 0.25) is 0 Å². The first-order chi connectivity index (χ1) is 6.27. The van der Waals surface area contributed by atoms with Gasteiger partial charge < -0.3 is 5.32 Å². The Labute approximate surface area is 84.1 Å². The van der Waals surface area contributed by atoms with Gasteiger partial charge in [0.05, 0.1) is 0 Å². The highest BCUT2D eigenvalue weighted by atomic mass is 79.9. The average Bonchev–Trinajstić information content (AvgIpc) is 2.51. The maximum Gasteiger partial charge on any atom is 0.323 e. The van der Waals surface area contributed by atoms with Crippen molar-refractivity contribution in [1.82, 2.24) is 10.3 Å². The minimum Gasteiger partial charge on any atom is -0.336 e. The second-order valence-electron chi connectivity index (χ2n) is 2.72. The third kappa shape index (κ3) is 1.65. The zero-order valence-electron chi connectivity index (χ0n) is 6.83. The third-order valence-corrected chi connectivity index (χ3v) is 2.33. The van der Waals surface area contributed by atoms with E-state index in [9.17, 15) is 4.79 Å². The van der Waals surface area contributed by atoms with E-state index >= 15 is 0 Å². The Morgan fingerprint density at radius 1 is 1.62 bits per heavy atom. The van der Waals surface area contributed by atoms with Gasteiger partial charge in [-0.3, -0.25) is 4.90 Å². The molecule has 13 heavy (non-hydrogen) atoms. The van der Waals surface area contributed by atoms with Crippen LogP contribution in [-0.2, 0) is 0 Å². The number of carbonyl (C=O) groups is 1. The molecular weight excluding hydrogens is 234 g/mol. The van der Waals surface area contributed by atoms with Gasteiger partial charge in [0.25, 0.3) is 0 Å². The number of hydrogen-bond donors (Lipinski definition) is 1. The zero-order valence-corrected chi connectivity index (χ0v) is 8.41. The maximum atomic E-state index is 11.2. The molecule has 2 amide bonds. The molecule has 4 nitrogen and oxygen atoms in total. The lowest BCUT2D eigenvalue weighted by Gasteiger charge is -2.12. The molecule has 68 valence electrons. The monoisotopic (exact) mass is 241 g/mol. The normalized spacial score (nSPS) is 16.1. The first-order valence-corrected chi connectivity index (χ1v) is 4.73. The van der Waals surface area contributed by atoms with Crippen molar-refractivity contribution in [2.75, 3.05) is 18.0 Å². The summed E-state index contributed by atoms with van der Waals surface area (Å²) in [6.45, 7) is 1.37. The number of pyridine rings is 1. The summed E-state index contributed by atoms with van der Waals surface area (Å²) >= 11 is 3.33. The first kappa shape index (κ1) is 8.50. The van der Waals surface area contributed by atoms with Gasteiger partial charge in [-0.1, -0.05) is 15.9 Å². The van der Waals surface area contributed by atoms with Crippen molar-refractivity contribution in [2.45, 2.75) is 0 Å². The minimum absolute atomic E-state index is 0.0781. The molecule has 2 heterocycles. The van der Waals surface area contributed by atoms with E-state index in [2.05, 4.69) is 26.2 Å². The van der Waals surface area contributed by atoms with E-state index in [4.69, 9.17) is 0 Å². The lowest BCUT2D eigenvalue weighted by molar-refractivity contribution is 0.252. The van der Waals surface area contributed by atoms with Crippen LogP contribution in [0.3, 0.4) is 0 Å². The summed E-state index contributed by atoms with van der Waals surface area (Å²) in [4.78, 5) is 17.0. The Morgan fingerprint density at radius 2 is 2.46 bits per heavy atom. The molecule has 0 unspecified atom stereocenters. The topological polar surface area (TPSA) is 45.2 Å². The van der Waals surface area contributed by atoms with E-state index in [0.717, 1.165) is 4.47 Å². The van der Waals surface area contributed by atoms with E-state index in [1.165, 1.54) is 0 Å². The smallest absolute Gasteiger partial charge is 0.323 e. The van der Waals surface area contributed by atoms with E-state index in [1.54, 1.807) is 11.1 Å². The Kier molecular flexibility index (Phi) is 2.18. The predicted molar refractivity (Wildman–Crippen MR) is 52.7 cm³/mol. The van der Waals surface area contributed by atoms with Crippen LogP contribution in [0.25, 0.3) is 0 Å². The predicted octanol–water partition coefficient (Wildman–Crippen LogP) is 1.37. The summed E-state index contributed by atoms with van der Waals surface area (Å²) in [7, 11) is 0. The van der Waals surface area contributed by atoms with Crippen LogP contribution in [0.4, 0.5) is 10.6 Å². The quantitative estimate of drug-likeness (QED) is 0.808. The highest BCUT2D eigenvalue weighted by Gasteiger charge is 2.21. The number of anilines is 1.